The lowest BCUT2D eigenvalue weighted by Crippen LogP contribution is -1.81. The van der Waals surface area contributed by atoms with Gasteiger partial charge >= 0.3 is 0 Å². The maximum absolute atomic E-state index is 5.50. The van der Waals surface area contributed by atoms with Crippen molar-refractivity contribution in [1.82, 2.24) is 10.2 Å². The largest absolute Gasteiger partial charge is 0.382 e. The first-order chi connectivity index (χ1) is 6.25. The van der Waals surface area contributed by atoms with E-state index in [-0.39, 0.29) is 12.4 Å². The second kappa shape index (κ2) is 4.15. The van der Waals surface area contributed by atoms with Crippen LogP contribution in [0.4, 0.5) is 5.82 Å². The van der Waals surface area contributed by atoms with Crippen molar-refractivity contribution in [2.24, 2.45) is 0 Å². The standard InChI is InChI=1S/C10H11N3.ClH/c1-7-2-4-8(5-3-7)9-6-10(11)13-12-9;/h2-6H,1H3,(H3,11,12,13);1H. The van der Waals surface area contributed by atoms with Gasteiger partial charge in [-0.05, 0) is 12.5 Å². The summed E-state index contributed by atoms with van der Waals surface area (Å²) in [5.41, 5.74) is 8.81. The summed E-state index contributed by atoms with van der Waals surface area (Å²) in [5, 5.41) is 6.73. The molecule has 0 aliphatic carbocycles. The Hall–Kier alpha value is -1.48. The van der Waals surface area contributed by atoms with Crippen molar-refractivity contribution >= 4 is 18.2 Å². The average molecular weight is 210 g/mol. The lowest BCUT2D eigenvalue weighted by Gasteiger charge is -1.96. The van der Waals surface area contributed by atoms with Crippen molar-refractivity contribution < 1.29 is 0 Å². The Kier molecular flexibility index (Phi) is 3.14. The topological polar surface area (TPSA) is 54.7 Å². The summed E-state index contributed by atoms with van der Waals surface area (Å²) < 4.78 is 0. The maximum atomic E-state index is 5.50. The Morgan fingerprint density at radius 3 is 2.36 bits per heavy atom. The molecule has 0 atom stereocenters. The second-order valence-electron chi connectivity index (χ2n) is 3.07. The molecule has 3 N–H and O–H groups in total. The van der Waals surface area contributed by atoms with Crippen LogP contribution in [-0.2, 0) is 0 Å². The molecule has 0 spiro atoms. The SMILES string of the molecule is Cc1ccc(-c2cc(N)n[nH]2)cc1.Cl. The van der Waals surface area contributed by atoms with Gasteiger partial charge in [-0.15, -0.1) is 12.4 Å². The lowest BCUT2D eigenvalue weighted by molar-refractivity contribution is 1.10. The number of hydrogen-bond donors (Lipinski definition) is 2. The molecule has 0 saturated heterocycles. The highest BCUT2D eigenvalue weighted by atomic mass is 35.5. The van der Waals surface area contributed by atoms with Crippen molar-refractivity contribution in [1.29, 1.82) is 0 Å². The fourth-order valence-electron chi connectivity index (χ4n) is 1.22. The van der Waals surface area contributed by atoms with Crippen molar-refractivity contribution in [3.8, 4) is 11.3 Å². The quantitative estimate of drug-likeness (QED) is 0.758. The highest BCUT2D eigenvalue weighted by molar-refractivity contribution is 5.85. The minimum absolute atomic E-state index is 0. The summed E-state index contributed by atoms with van der Waals surface area (Å²) in [6.07, 6.45) is 0. The number of nitrogens with one attached hydrogen (secondary N) is 1. The molecule has 0 aliphatic heterocycles. The van der Waals surface area contributed by atoms with E-state index in [2.05, 4.69) is 29.3 Å². The van der Waals surface area contributed by atoms with Crippen molar-refractivity contribution in [3.05, 3.63) is 35.9 Å². The van der Waals surface area contributed by atoms with E-state index in [1.165, 1.54) is 5.56 Å². The van der Waals surface area contributed by atoms with E-state index >= 15 is 0 Å². The monoisotopic (exact) mass is 209 g/mol. The van der Waals surface area contributed by atoms with Crippen molar-refractivity contribution in [2.45, 2.75) is 6.92 Å². The number of anilines is 1. The molecule has 1 heterocycles. The molecular formula is C10H12ClN3. The van der Waals surface area contributed by atoms with E-state index in [1.807, 2.05) is 18.2 Å². The predicted molar refractivity (Wildman–Crippen MR) is 60.4 cm³/mol. The number of rotatable bonds is 1. The molecule has 0 amide bonds. The van der Waals surface area contributed by atoms with Gasteiger partial charge in [0.25, 0.3) is 0 Å². The van der Waals surface area contributed by atoms with Crippen LogP contribution in [-0.4, -0.2) is 10.2 Å². The third-order valence-electron chi connectivity index (χ3n) is 1.96. The molecule has 2 aromatic rings. The van der Waals surface area contributed by atoms with E-state index in [0.29, 0.717) is 5.82 Å². The first kappa shape index (κ1) is 10.6. The molecule has 1 aromatic heterocycles. The molecule has 0 aliphatic rings. The van der Waals surface area contributed by atoms with Gasteiger partial charge in [0.15, 0.2) is 0 Å². The van der Waals surface area contributed by atoms with Crippen LogP contribution in [0, 0.1) is 6.92 Å². The molecule has 0 bridgehead atoms. The molecule has 2 rings (SSSR count). The van der Waals surface area contributed by atoms with Crippen LogP contribution in [0.15, 0.2) is 30.3 Å². The Morgan fingerprint density at radius 2 is 1.86 bits per heavy atom. The number of nitrogens with two attached hydrogens (primary N) is 1. The summed E-state index contributed by atoms with van der Waals surface area (Å²) >= 11 is 0. The Balaban J connectivity index is 0.000000980. The average Bonchev–Trinajstić information content (AvgIpc) is 2.53. The third-order valence-corrected chi connectivity index (χ3v) is 1.96. The number of nitrogens with zero attached hydrogens (tertiary/aromatic N) is 1. The minimum atomic E-state index is 0. The van der Waals surface area contributed by atoms with E-state index in [1.54, 1.807) is 0 Å². The fourth-order valence-corrected chi connectivity index (χ4v) is 1.22. The van der Waals surface area contributed by atoms with Crippen LogP contribution in [0.1, 0.15) is 5.56 Å². The molecule has 0 unspecified atom stereocenters. The van der Waals surface area contributed by atoms with Gasteiger partial charge in [-0.25, -0.2) is 0 Å². The fraction of sp³-hybridized carbons (Fsp3) is 0.100. The number of hydrogen-bond acceptors (Lipinski definition) is 2. The zero-order valence-electron chi connectivity index (χ0n) is 7.82. The molecule has 0 saturated carbocycles. The van der Waals surface area contributed by atoms with Crippen molar-refractivity contribution in [3.63, 3.8) is 0 Å². The van der Waals surface area contributed by atoms with Gasteiger partial charge in [0.05, 0.1) is 5.69 Å². The first-order valence-corrected chi connectivity index (χ1v) is 4.13. The number of aromatic nitrogens is 2. The Morgan fingerprint density at radius 1 is 1.21 bits per heavy atom. The van der Waals surface area contributed by atoms with E-state index in [9.17, 15) is 0 Å². The number of nitrogen functional groups attached to an aromatic ring is 1. The highest BCUT2D eigenvalue weighted by Crippen LogP contribution is 2.18. The lowest BCUT2D eigenvalue weighted by atomic mass is 10.1. The first-order valence-electron chi connectivity index (χ1n) is 4.13. The molecule has 4 heteroatoms. The zero-order chi connectivity index (χ0) is 9.26. The summed E-state index contributed by atoms with van der Waals surface area (Å²) in [7, 11) is 0. The minimum Gasteiger partial charge on any atom is -0.382 e. The third kappa shape index (κ3) is 2.06. The molecule has 74 valence electrons. The molecule has 0 radical (unpaired) electrons. The molecular weight excluding hydrogens is 198 g/mol. The highest BCUT2D eigenvalue weighted by Gasteiger charge is 1.99. The van der Waals surface area contributed by atoms with E-state index in [4.69, 9.17) is 5.73 Å². The smallest absolute Gasteiger partial charge is 0.145 e. The number of H-pyrrole nitrogens is 1. The number of aryl methyl sites for hydroxylation is 1. The number of halogens is 1. The van der Waals surface area contributed by atoms with Crippen LogP contribution in [0.2, 0.25) is 0 Å². The molecule has 14 heavy (non-hydrogen) atoms. The van der Waals surface area contributed by atoms with Crippen LogP contribution in [0.3, 0.4) is 0 Å². The van der Waals surface area contributed by atoms with Gasteiger partial charge in [-0.1, -0.05) is 29.8 Å². The van der Waals surface area contributed by atoms with Gasteiger partial charge in [0.2, 0.25) is 0 Å². The molecule has 3 nitrogen and oxygen atoms in total. The van der Waals surface area contributed by atoms with E-state index < -0.39 is 0 Å². The zero-order valence-corrected chi connectivity index (χ0v) is 8.64. The summed E-state index contributed by atoms with van der Waals surface area (Å²) in [5.74, 6) is 0.524. The molecule has 1 aromatic carbocycles. The van der Waals surface area contributed by atoms with Crippen LogP contribution in [0.5, 0.6) is 0 Å². The summed E-state index contributed by atoms with van der Waals surface area (Å²) in [6, 6.07) is 10.0. The summed E-state index contributed by atoms with van der Waals surface area (Å²) in [6.45, 7) is 2.06. The van der Waals surface area contributed by atoms with E-state index in [0.717, 1.165) is 11.3 Å². The van der Waals surface area contributed by atoms with Crippen LogP contribution < -0.4 is 5.73 Å². The van der Waals surface area contributed by atoms with Crippen molar-refractivity contribution in [2.75, 3.05) is 5.73 Å². The number of aromatic amines is 1. The van der Waals surface area contributed by atoms with Gasteiger partial charge in [0.1, 0.15) is 5.82 Å². The van der Waals surface area contributed by atoms with Gasteiger partial charge in [-0.3, -0.25) is 5.10 Å². The number of benzene rings is 1. The Bertz CT molecular complexity index is 406. The van der Waals surface area contributed by atoms with Crippen LogP contribution >= 0.6 is 12.4 Å². The second-order valence-corrected chi connectivity index (χ2v) is 3.07. The van der Waals surface area contributed by atoms with Gasteiger partial charge in [-0.2, -0.15) is 5.10 Å². The molecule has 0 fully saturated rings. The normalized spacial score (nSPS) is 9.50. The predicted octanol–water partition coefficient (Wildman–Crippen LogP) is 2.39. The Labute approximate surface area is 88.7 Å². The van der Waals surface area contributed by atoms with Gasteiger partial charge in [0, 0.05) is 6.07 Å². The van der Waals surface area contributed by atoms with Crippen LogP contribution in [0.25, 0.3) is 11.3 Å². The maximum Gasteiger partial charge on any atom is 0.145 e. The van der Waals surface area contributed by atoms with Gasteiger partial charge < -0.3 is 5.73 Å². The summed E-state index contributed by atoms with van der Waals surface area (Å²) in [4.78, 5) is 0.